The van der Waals surface area contributed by atoms with Crippen molar-refractivity contribution in [3.05, 3.63) is 18.2 Å². The van der Waals surface area contributed by atoms with Gasteiger partial charge in [-0.1, -0.05) is 17.8 Å². The standard InChI is InChI=1S/C13H18N2O.C2H7NO2/c1-14-4-6-15(7-5-14)8-9-16-13-10-11-2-3-12(11)13;1-4-3-5-2/h2-3,10H,4-9H2,1H3;3H,1-2H3. The molecule has 1 heterocycles. The van der Waals surface area contributed by atoms with E-state index in [1.165, 1.54) is 51.5 Å². The number of nitrogens with zero attached hydrogens (tertiary/aromatic N) is 2. The van der Waals surface area contributed by atoms with Crippen molar-refractivity contribution in [2.45, 2.75) is 0 Å². The maximum absolute atomic E-state index is 5.74. The molecule has 1 N–H and O–H groups in total. The van der Waals surface area contributed by atoms with E-state index in [0.717, 1.165) is 18.9 Å². The lowest BCUT2D eigenvalue weighted by Crippen LogP contribution is -2.45. The summed E-state index contributed by atoms with van der Waals surface area (Å²) in [6.45, 7) is 6.58. The molecule has 0 amide bonds. The lowest BCUT2D eigenvalue weighted by Gasteiger charge is -2.32. The zero-order valence-electron chi connectivity index (χ0n) is 13.1. The molecule has 0 radical (unpaired) electrons. The molecule has 0 spiro atoms. The molecule has 3 rings (SSSR count). The molecule has 1 saturated heterocycles. The van der Waals surface area contributed by atoms with E-state index in [9.17, 15) is 0 Å². The average Bonchev–Trinajstić information content (AvgIpc) is 2.47. The molecule has 0 aromatic carbocycles. The maximum Gasteiger partial charge on any atom is 0.127 e. The van der Waals surface area contributed by atoms with E-state index in [0.29, 0.717) is 0 Å². The highest BCUT2D eigenvalue weighted by molar-refractivity contribution is 5.84. The average molecular weight is 295 g/mol. The van der Waals surface area contributed by atoms with Crippen molar-refractivity contribution < 1.29 is 14.4 Å². The second-order valence-corrected chi connectivity index (χ2v) is 5.20. The van der Waals surface area contributed by atoms with Crippen LogP contribution in [0.3, 0.4) is 0 Å². The smallest absolute Gasteiger partial charge is 0.127 e. The van der Waals surface area contributed by atoms with Gasteiger partial charge in [0, 0.05) is 38.3 Å². The van der Waals surface area contributed by atoms with Gasteiger partial charge in [0.05, 0.1) is 14.2 Å². The van der Waals surface area contributed by atoms with Crippen molar-refractivity contribution in [2.24, 2.45) is 0 Å². The summed E-state index contributed by atoms with van der Waals surface area (Å²) in [6, 6.07) is 6.38. The summed E-state index contributed by atoms with van der Waals surface area (Å²) in [5, 5.41) is 0. The fraction of sp³-hybridized carbons (Fsp3) is 0.600. The molecule has 6 nitrogen and oxygen atoms in total. The van der Waals surface area contributed by atoms with Gasteiger partial charge < -0.3 is 9.64 Å². The third-order valence-electron chi connectivity index (χ3n) is 3.72. The molecular weight excluding hydrogens is 270 g/mol. The number of ether oxygens (including phenoxy) is 1. The number of likely N-dealkylation sites (N-methyl/N-ethyl adjacent to an activating group) is 1. The molecule has 3 aliphatic rings. The number of hydrogen-bond acceptors (Lipinski definition) is 6. The summed E-state index contributed by atoms with van der Waals surface area (Å²) in [6.07, 6.45) is 0. The van der Waals surface area contributed by atoms with Crippen LogP contribution in [0.1, 0.15) is 0 Å². The minimum absolute atomic E-state index is 0.820. The van der Waals surface area contributed by atoms with Crippen LogP contribution in [0, 0.1) is 0 Å². The van der Waals surface area contributed by atoms with Crippen molar-refractivity contribution in [3.63, 3.8) is 0 Å². The predicted octanol–water partition coefficient (Wildman–Crippen LogP) is 0.992. The number of nitrogens with one attached hydrogen (secondary N) is 1. The van der Waals surface area contributed by atoms with Gasteiger partial charge in [0.2, 0.25) is 0 Å². The van der Waals surface area contributed by atoms with Crippen LogP contribution in [0.4, 0.5) is 0 Å². The molecule has 0 saturated carbocycles. The Balaban J connectivity index is 0.000000282. The van der Waals surface area contributed by atoms with Gasteiger partial charge in [-0.05, 0) is 18.7 Å². The summed E-state index contributed by atoms with van der Waals surface area (Å²) < 4.78 is 5.74. The van der Waals surface area contributed by atoms with E-state index >= 15 is 0 Å². The molecule has 0 atom stereocenters. The Hall–Kier alpha value is -1.18. The molecular formula is C15H25N3O3. The lowest BCUT2D eigenvalue weighted by molar-refractivity contribution is -0.130. The Morgan fingerprint density at radius 1 is 1.10 bits per heavy atom. The van der Waals surface area contributed by atoms with E-state index in [-0.39, 0.29) is 0 Å². The molecule has 1 fully saturated rings. The SMILES string of the molecule is CN1CCN(CCOc2cc3ccc2-3)CC1.CONOC. The quantitative estimate of drug-likeness (QED) is 0.802. The molecule has 2 aliphatic carbocycles. The van der Waals surface area contributed by atoms with Crippen LogP contribution in [-0.4, -0.2) is 70.4 Å². The summed E-state index contributed by atoms with van der Waals surface area (Å²) in [5.41, 5.74) is 4.79. The molecule has 1 aliphatic heterocycles. The van der Waals surface area contributed by atoms with Gasteiger partial charge in [0.15, 0.2) is 0 Å². The van der Waals surface area contributed by atoms with Crippen LogP contribution in [0.2, 0.25) is 0 Å². The Kier molecular flexibility index (Phi) is 6.41. The van der Waals surface area contributed by atoms with Crippen LogP contribution >= 0.6 is 0 Å². The third-order valence-corrected chi connectivity index (χ3v) is 3.72. The summed E-state index contributed by atoms with van der Waals surface area (Å²) in [7, 11) is 5.14. The third kappa shape index (κ3) is 4.66. The second-order valence-electron chi connectivity index (χ2n) is 5.20. The molecule has 21 heavy (non-hydrogen) atoms. The number of rotatable bonds is 6. The van der Waals surface area contributed by atoms with Crippen molar-refractivity contribution in [1.29, 1.82) is 0 Å². The Labute approximate surface area is 126 Å². The number of fused-ring (bicyclic) bond motifs is 1. The molecule has 0 unspecified atom stereocenters. The van der Waals surface area contributed by atoms with Crippen molar-refractivity contribution in [1.82, 2.24) is 15.4 Å². The van der Waals surface area contributed by atoms with Gasteiger partial charge in [-0.3, -0.25) is 14.6 Å². The number of piperazine rings is 1. The minimum Gasteiger partial charge on any atom is -0.492 e. The fourth-order valence-corrected chi connectivity index (χ4v) is 2.31. The first-order valence-corrected chi connectivity index (χ1v) is 7.23. The van der Waals surface area contributed by atoms with Gasteiger partial charge in [-0.25, -0.2) is 0 Å². The van der Waals surface area contributed by atoms with Gasteiger partial charge >= 0.3 is 0 Å². The summed E-state index contributed by atoms with van der Waals surface area (Å²) in [4.78, 5) is 13.3. The van der Waals surface area contributed by atoms with Crippen molar-refractivity contribution in [3.8, 4) is 16.9 Å². The molecule has 6 heteroatoms. The van der Waals surface area contributed by atoms with E-state index < -0.39 is 0 Å². The van der Waals surface area contributed by atoms with Crippen LogP contribution in [0.25, 0.3) is 11.1 Å². The van der Waals surface area contributed by atoms with Gasteiger partial charge in [-0.15, -0.1) is 0 Å². The van der Waals surface area contributed by atoms with Gasteiger partial charge in [0.25, 0.3) is 0 Å². The van der Waals surface area contributed by atoms with Crippen LogP contribution in [0.15, 0.2) is 18.2 Å². The van der Waals surface area contributed by atoms with Gasteiger partial charge in [0.1, 0.15) is 12.4 Å². The van der Waals surface area contributed by atoms with Crippen LogP contribution in [0.5, 0.6) is 5.75 Å². The Morgan fingerprint density at radius 2 is 1.81 bits per heavy atom. The highest BCUT2D eigenvalue weighted by Crippen LogP contribution is 2.42. The highest BCUT2D eigenvalue weighted by atomic mass is 16.9. The van der Waals surface area contributed by atoms with E-state index in [2.05, 4.69) is 50.4 Å². The van der Waals surface area contributed by atoms with E-state index in [4.69, 9.17) is 4.74 Å². The second kappa shape index (κ2) is 8.31. The van der Waals surface area contributed by atoms with E-state index in [1.807, 2.05) is 0 Å². The highest BCUT2D eigenvalue weighted by Gasteiger charge is 2.18. The zero-order chi connectivity index (χ0) is 15.1. The first-order chi connectivity index (χ1) is 10.2. The largest absolute Gasteiger partial charge is 0.492 e. The Morgan fingerprint density at radius 3 is 2.24 bits per heavy atom. The predicted molar refractivity (Wildman–Crippen MR) is 82.0 cm³/mol. The number of hydrogen-bond donors (Lipinski definition) is 1. The molecule has 0 aromatic heterocycles. The molecule has 118 valence electrons. The maximum atomic E-state index is 5.74. The lowest BCUT2D eigenvalue weighted by atomic mass is 9.92. The van der Waals surface area contributed by atoms with E-state index in [1.54, 1.807) is 0 Å². The first kappa shape index (κ1) is 16.2. The fourth-order valence-electron chi connectivity index (χ4n) is 2.31. The minimum atomic E-state index is 0.820. The Bertz CT molecular complexity index is 432. The van der Waals surface area contributed by atoms with Crippen molar-refractivity contribution in [2.75, 3.05) is 60.6 Å². The normalized spacial score (nSPS) is 17.1. The van der Waals surface area contributed by atoms with Gasteiger partial charge in [-0.2, -0.15) is 0 Å². The van der Waals surface area contributed by atoms with Crippen molar-refractivity contribution >= 4 is 0 Å². The summed E-state index contributed by atoms with van der Waals surface area (Å²) in [5.74, 6) is 1.09. The topological polar surface area (TPSA) is 46.2 Å². The zero-order valence-corrected chi connectivity index (χ0v) is 13.1. The van der Waals surface area contributed by atoms with Crippen LogP contribution in [-0.2, 0) is 9.68 Å². The first-order valence-electron chi connectivity index (χ1n) is 7.23. The molecule has 0 aromatic rings. The van der Waals surface area contributed by atoms with Crippen LogP contribution < -0.4 is 10.4 Å². The number of benzene rings is 1. The monoisotopic (exact) mass is 295 g/mol. The molecule has 0 bridgehead atoms. The summed E-state index contributed by atoms with van der Waals surface area (Å²) >= 11 is 0.